The van der Waals surface area contributed by atoms with E-state index < -0.39 is 0 Å². The first-order valence-electron chi connectivity index (χ1n) is 10.3. The number of ketones is 1. The van der Waals surface area contributed by atoms with Gasteiger partial charge >= 0.3 is 0 Å². The van der Waals surface area contributed by atoms with Gasteiger partial charge in [0.1, 0.15) is 11.4 Å². The van der Waals surface area contributed by atoms with Gasteiger partial charge in [-0.05, 0) is 72.2 Å². The number of hydrogen-bond donors (Lipinski definition) is 0. The van der Waals surface area contributed by atoms with Crippen molar-refractivity contribution >= 4 is 16.9 Å². The van der Waals surface area contributed by atoms with E-state index in [0.717, 1.165) is 48.3 Å². The summed E-state index contributed by atoms with van der Waals surface area (Å²) < 4.78 is 6.26. The molecule has 2 aliphatic rings. The van der Waals surface area contributed by atoms with E-state index >= 15 is 0 Å². The van der Waals surface area contributed by atoms with E-state index in [9.17, 15) is 4.79 Å². The van der Waals surface area contributed by atoms with Gasteiger partial charge in [0.25, 0.3) is 0 Å². The molecule has 4 rings (SSSR count). The van der Waals surface area contributed by atoms with Crippen LogP contribution in [-0.2, 0) is 6.42 Å². The fourth-order valence-corrected chi connectivity index (χ4v) is 4.12. The van der Waals surface area contributed by atoms with Crippen LogP contribution < -0.4 is 4.74 Å². The van der Waals surface area contributed by atoms with E-state index in [1.165, 1.54) is 16.7 Å². The maximum Gasteiger partial charge on any atom is 0.170 e. The molecular weight excluding hydrogens is 346 g/mol. The average molecular weight is 373 g/mol. The van der Waals surface area contributed by atoms with Crippen LogP contribution in [0.4, 0.5) is 0 Å². The Morgan fingerprint density at radius 2 is 1.89 bits per heavy atom. The van der Waals surface area contributed by atoms with Crippen molar-refractivity contribution in [2.75, 3.05) is 0 Å². The van der Waals surface area contributed by atoms with Gasteiger partial charge in [0.2, 0.25) is 0 Å². The van der Waals surface area contributed by atoms with Crippen molar-refractivity contribution in [1.82, 2.24) is 4.98 Å². The lowest BCUT2D eigenvalue weighted by molar-refractivity contribution is 0.0350. The molecule has 0 saturated carbocycles. The second kappa shape index (κ2) is 7.38. The summed E-state index contributed by atoms with van der Waals surface area (Å²) >= 11 is 0. The third-order valence-electron chi connectivity index (χ3n) is 6.13. The quantitative estimate of drug-likeness (QED) is 0.641. The zero-order valence-electron chi connectivity index (χ0n) is 16.9. The number of hydrogen-bond acceptors (Lipinski definition) is 3. The monoisotopic (exact) mass is 373 g/mol. The lowest BCUT2D eigenvalue weighted by atomic mass is 9.85. The van der Waals surface area contributed by atoms with Gasteiger partial charge in [-0.15, -0.1) is 0 Å². The summed E-state index contributed by atoms with van der Waals surface area (Å²) in [5, 5.41) is 0. The molecule has 0 saturated heterocycles. The number of fused-ring (bicyclic) bond motifs is 1. The highest BCUT2D eigenvalue weighted by atomic mass is 16.5. The Hall–Kier alpha value is -2.68. The van der Waals surface area contributed by atoms with Gasteiger partial charge in [0.05, 0.1) is 12.0 Å². The number of rotatable bonds is 5. The lowest BCUT2D eigenvalue weighted by Gasteiger charge is -2.36. The molecule has 0 atom stereocenters. The van der Waals surface area contributed by atoms with E-state index in [4.69, 9.17) is 4.74 Å². The molecule has 28 heavy (non-hydrogen) atoms. The maximum absolute atomic E-state index is 12.8. The predicted octanol–water partition coefficient (Wildman–Crippen LogP) is 6.04. The van der Waals surface area contributed by atoms with Crippen LogP contribution in [0.3, 0.4) is 0 Å². The molecule has 3 nitrogen and oxygen atoms in total. The molecule has 0 amide bonds. The number of carbonyl (C=O) groups excluding carboxylic acids is 1. The molecule has 0 spiro atoms. The molecule has 2 aromatic rings. The van der Waals surface area contributed by atoms with Crippen LogP contribution in [0.15, 0.2) is 48.7 Å². The minimum absolute atomic E-state index is 0.195. The second-order valence-corrected chi connectivity index (χ2v) is 7.73. The Labute approximate surface area is 167 Å². The summed E-state index contributed by atoms with van der Waals surface area (Å²) in [5.74, 6) is 0.928. The number of aromatic nitrogens is 1. The summed E-state index contributed by atoms with van der Waals surface area (Å²) in [7, 11) is 0. The van der Waals surface area contributed by atoms with Crippen molar-refractivity contribution in [2.24, 2.45) is 0 Å². The highest BCUT2D eigenvalue weighted by Gasteiger charge is 2.37. The van der Waals surface area contributed by atoms with Gasteiger partial charge in [-0.2, -0.15) is 0 Å². The molecule has 0 fully saturated rings. The molecule has 2 heterocycles. The van der Waals surface area contributed by atoms with Crippen molar-refractivity contribution in [3.05, 3.63) is 71.1 Å². The van der Waals surface area contributed by atoms with Crippen LogP contribution in [0.5, 0.6) is 5.75 Å². The van der Waals surface area contributed by atoms with Gasteiger partial charge in [0, 0.05) is 11.9 Å². The Bertz CT molecular complexity index is 980. The molecule has 0 unspecified atom stereocenters. The van der Waals surface area contributed by atoms with Crippen molar-refractivity contribution in [3.8, 4) is 5.75 Å². The topological polar surface area (TPSA) is 39.2 Å². The van der Waals surface area contributed by atoms with Crippen LogP contribution in [0, 0.1) is 0 Å². The summed E-state index contributed by atoms with van der Waals surface area (Å²) in [6, 6.07) is 10.3. The van der Waals surface area contributed by atoms with Gasteiger partial charge in [-0.3, -0.25) is 9.78 Å². The number of benzene rings is 1. The van der Waals surface area contributed by atoms with E-state index in [2.05, 4.69) is 56.1 Å². The van der Waals surface area contributed by atoms with Gasteiger partial charge < -0.3 is 4.74 Å². The Balaban J connectivity index is 1.62. The van der Waals surface area contributed by atoms with E-state index in [1.807, 2.05) is 18.3 Å². The van der Waals surface area contributed by atoms with Crippen LogP contribution >= 0.6 is 0 Å². The molecular formula is C25H27NO2. The molecule has 0 N–H and O–H groups in total. The molecule has 144 valence electrons. The zero-order valence-corrected chi connectivity index (χ0v) is 16.9. The molecule has 1 aromatic carbocycles. The second-order valence-electron chi connectivity index (χ2n) is 7.73. The van der Waals surface area contributed by atoms with Crippen LogP contribution in [0.25, 0.3) is 11.1 Å². The first-order valence-corrected chi connectivity index (χ1v) is 10.3. The average Bonchev–Trinajstić information content (AvgIpc) is 3.24. The normalized spacial score (nSPS) is 17.6. The molecule has 0 bridgehead atoms. The highest BCUT2D eigenvalue weighted by Crippen LogP contribution is 2.40. The molecule has 1 aliphatic heterocycles. The molecule has 3 heteroatoms. The van der Waals surface area contributed by atoms with E-state index in [1.54, 1.807) is 0 Å². The summed E-state index contributed by atoms with van der Waals surface area (Å²) in [6.45, 7) is 6.31. The Kier molecular flexibility index (Phi) is 4.92. The van der Waals surface area contributed by atoms with Crippen molar-refractivity contribution < 1.29 is 9.53 Å². The third kappa shape index (κ3) is 3.30. The highest BCUT2D eigenvalue weighted by molar-refractivity contribution is 6.01. The van der Waals surface area contributed by atoms with Crippen molar-refractivity contribution in [3.63, 3.8) is 0 Å². The van der Waals surface area contributed by atoms with Crippen LogP contribution in [0.2, 0.25) is 0 Å². The van der Waals surface area contributed by atoms with Gasteiger partial charge in [-0.1, -0.05) is 39.0 Å². The number of Topliss-reactive ketones (excluding diaryl/α,β-unsaturated/α-hetero) is 1. The predicted molar refractivity (Wildman–Crippen MR) is 114 cm³/mol. The van der Waals surface area contributed by atoms with Gasteiger partial charge in [0.15, 0.2) is 5.78 Å². The first kappa shape index (κ1) is 18.7. The van der Waals surface area contributed by atoms with Crippen LogP contribution in [0.1, 0.15) is 73.6 Å². The van der Waals surface area contributed by atoms with Crippen molar-refractivity contribution in [1.29, 1.82) is 0 Å². The fraction of sp³-hybridized carbons (Fsp3) is 0.360. The number of nitrogens with zero attached hydrogens (tertiary/aromatic N) is 1. The summed E-state index contributed by atoms with van der Waals surface area (Å²) in [5.41, 5.74) is 6.26. The minimum Gasteiger partial charge on any atom is -0.486 e. The SMILES string of the molecule is CCc1cc(C2=CCC(c3ccc4c(c3)C(=O)CC(CC)(CC)O4)=C2)ccn1. The van der Waals surface area contributed by atoms with E-state index in [0.29, 0.717) is 6.42 Å². The minimum atomic E-state index is -0.342. The first-order chi connectivity index (χ1) is 13.6. The number of carbonyl (C=O) groups is 1. The number of aryl methyl sites for hydroxylation is 1. The zero-order chi connectivity index (χ0) is 19.7. The smallest absolute Gasteiger partial charge is 0.170 e. The maximum atomic E-state index is 12.8. The Morgan fingerprint density at radius 1 is 1.07 bits per heavy atom. The molecule has 0 radical (unpaired) electrons. The number of allylic oxidation sites excluding steroid dienone is 4. The number of pyridine rings is 1. The molecule has 1 aromatic heterocycles. The van der Waals surface area contributed by atoms with Crippen LogP contribution in [-0.4, -0.2) is 16.4 Å². The summed E-state index contributed by atoms with van der Waals surface area (Å²) in [4.78, 5) is 17.2. The standard InChI is InChI=1S/C25H27NO2/c1-4-21-14-20(11-12-26-21)18-8-7-17(13-18)19-9-10-24-22(15-19)23(27)16-25(5-2,6-3)28-24/h8-15H,4-7,16H2,1-3H3. The van der Waals surface area contributed by atoms with Crippen molar-refractivity contribution in [2.45, 2.75) is 58.5 Å². The Morgan fingerprint density at radius 3 is 2.64 bits per heavy atom. The molecule has 1 aliphatic carbocycles. The largest absolute Gasteiger partial charge is 0.486 e. The fourth-order valence-electron chi connectivity index (χ4n) is 4.12. The number of ether oxygens (including phenoxy) is 1. The van der Waals surface area contributed by atoms with Gasteiger partial charge in [-0.25, -0.2) is 0 Å². The lowest BCUT2D eigenvalue weighted by Crippen LogP contribution is -2.40. The third-order valence-corrected chi connectivity index (χ3v) is 6.13. The van der Waals surface area contributed by atoms with E-state index in [-0.39, 0.29) is 11.4 Å². The summed E-state index contributed by atoms with van der Waals surface area (Å²) in [6.07, 6.45) is 10.3.